The van der Waals surface area contributed by atoms with Crippen molar-refractivity contribution in [1.29, 1.82) is 0 Å². The van der Waals surface area contributed by atoms with E-state index in [-0.39, 0.29) is 17.7 Å². The van der Waals surface area contributed by atoms with E-state index in [2.05, 4.69) is 0 Å². The number of nitrogens with zero attached hydrogens (tertiary/aromatic N) is 1. The lowest BCUT2D eigenvalue weighted by atomic mass is 9.99. The van der Waals surface area contributed by atoms with Crippen molar-refractivity contribution < 1.29 is 14.7 Å². The summed E-state index contributed by atoms with van der Waals surface area (Å²) in [5.74, 6) is 0.682. The fourth-order valence-corrected chi connectivity index (χ4v) is 3.21. The van der Waals surface area contributed by atoms with Crippen LogP contribution >= 0.6 is 0 Å². The normalized spacial score (nSPS) is 38.4. The minimum absolute atomic E-state index is 0.224. The predicted molar refractivity (Wildman–Crippen MR) is 52.0 cm³/mol. The topological polar surface area (TPSA) is 57.6 Å². The first-order chi connectivity index (χ1) is 7.18. The summed E-state index contributed by atoms with van der Waals surface area (Å²) in [4.78, 5) is 24.2. The van der Waals surface area contributed by atoms with Gasteiger partial charge in [-0.3, -0.25) is 9.59 Å². The van der Waals surface area contributed by atoms with Gasteiger partial charge in [0, 0.05) is 19.0 Å². The fraction of sp³-hybridized carbons (Fsp3) is 0.818. The zero-order valence-electron chi connectivity index (χ0n) is 8.56. The number of carboxylic acids is 1. The number of likely N-dealkylation sites (tertiary alicyclic amines) is 1. The zero-order chi connectivity index (χ0) is 10.6. The average molecular weight is 209 g/mol. The number of amides is 1. The highest BCUT2D eigenvalue weighted by Crippen LogP contribution is 2.58. The smallest absolute Gasteiger partial charge is 0.310 e. The highest BCUT2D eigenvalue weighted by Gasteiger charge is 2.58. The number of rotatable bonds is 2. The van der Waals surface area contributed by atoms with Crippen LogP contribution in [0.15, 0.2) is 0 Å². The van der Waals surface area contributed by atoms with E-state index in [1.165, 1.54) is 19.3 Å². The van der Waals surface area contributed by atoms with Crippen molar-refractivity contribution in [2.45, 2.75) is 19.3 Å². The molecule has 2 atom stereocenters. The Morgan fingerprint density at radius 2 is 1.73 bits per heavy atom. The number of carboxylic acid groups (broad SMARTS) is 1. The largest absolute Gasteiger partial charge is 0.481 e. The molecule has 15 heavy (non-hydrogen) atoms. The third-order valence-corrected chi connectivity index (χ3v) is 4.23. The summed E-state index contributed by atoms with van der Waals surface area (Å²) in [6.07, 6.45) is 3.69. The maximum atomic E-state index is 11.9. The molecular weight excluding hydrogens is 194 g/mol. The van der Waals surface area contributed by atoms with Crippen molar-refractivity contribution in [3.63, 3.8) is 0 Å². The molecule has 1 N–H and O–H groups in total. The van der Waals surface area contributed by atoms with E-state index in [1.807, 2.05) is 0 Å². The Morgan fingerprint density at radius 1 is 1.13 bits per heavy atom. The molecule has 2 unspecified atom stereocenters. The lowest BCUT2D eigenvalue weighted by Gasteiger charge is -2.37. The van der Waals surface area contributed by atoms with Gasteiger partial charge in [-0.15, -0.1) is 0 Å². The van der Waals surface area contributed by atoms with Crippen LogP contribution in [0.25, 0.3) is 0 Å². The van der Waals surface area contributed by atoms with Crippen LogP contribution < -0.4 is 0 Å². The Morgan fingerprint density at radius 3 is 2.27 bits per heavy atom. The molecule has 2 saturated carbocycles. The van der Waals surface area contributed by atoms with Gasteiger partial charge in [-0.05, 0) is 24.7 Å². The Hall–Kier alpha value is -1.06. The van der Waals surface area contributed by atoms with E-state index in [0.29, 0.717) is 24.9 Å². The summed E-state index contributed by atoms with van der Waals surface area (Å²) < 4.78 is 0. The molecular formula is C11H15NO3. The molecule has 0 aromatic heterocycles. The van der Waals surface area contributed by atoms with Gasteiger partial charge in [0.25, 0.3) is 0 Å². The number of carbonyl (C=O) groups excluding carboxylic acids is 1. The predicted octanol–water partition coefficient (Wildman–Crippen LogP) is 0.575. The van der Waals surface area contributed by atoms with E-state index in [9.17, 15) is 9.59 Å². The molecule has 4 nitrogen and oxygen atoms in total. The van der Waals surface area contributed by atoms with Crippen LogP contribution in [0.3, 0.4) is 0 Å². The van der Waals surface area contributed by atoms with Crippen LogP contribution in [-0.2, 0) is 9.59 Å². The minimum atomic E-state index is -0.768. The summed E-state index contributed by atoms with van der Waals surface area (Å²) in [6.45, 7) is 0.869. The number of fused-ring (bicyclic) bond motifs is 1. The summed E-state index contributed by atoms with van der Waals surface area (Å²) in [5.41, 5.74) is 0. The van der Waals surface area contributed by atoms with Crippen LogP contribution in [0.4, 0.5) is 0 Å². The molecule has 1 aliphatic heterocycles. The first kappa shape index (κ1) is 9.19. The summed E-state index contributed by atoms with van der Waals surface area (Å²) in [6, 6.07) is 0. The third kappa shape index (κ3) is 1.27. The number of hydrogen-bond donors (Lipinski definition) is 1. The van der Waals surface area contributed by atoms with E-state index in [4.69, 9.17) is 5.11 Å². The van der Waals surface area contributed by atoms with Gasteiger partial charge >= 0.3 is 5.97 Å². The monoisotopic (exact) mass is 209 g/mol. The van der Waals surface area contributed by atoms with Crippen molar-refractivity contribution >= 4 is 11.9 Å². The maximum absolute atomic E-state index is 11.9. The summed E-state index contributed by atoms with van der Waals surface area (Å²) >= 11 is 0. The SMILES string of the molecule is O=C(O)C1CN(C(=O)C2C3CCCC32)C1. The molecule has 1 heterocycles. The van der Waals surface area contributed by atoms with E-state index < -0.39 is 5.97 Å². The second kappa shape index (κ2) is 2.97. The Kier molecular flexibility index (Phi) is 1.82. The van der Waals surface area contributed by atoms with Crippen molar-refractivity contribution in [3.8, 4) is 0 Å². The highest BCUT2D eigenvalue weighted by molar-refractivity contribution is 5.85. The van der Waals surface area contributed by atoms with Crippen molar-refractivity contribution in [1.82, 2.24) is 4.90 Å². The second-order valence-corrected chi connectivity index (χ2v) is 5.06. The van der Waals surface area contributed by atoms with Gasteiger partial charge in [0.1, 0.15) is 0 Å². The van der Waals surface area contributed by atoms with Crippen LogP contribution in [0, 0.1) is 23.7 Å². The van der Waals surface area contributed by atoms with Crippen molar-refractivity contribution in [2.24, 2.45) is 23.7 Å². The molecule has 1 amide bonds. The first-order valence-electron chi connectivity index (χ1n) is 5.70. The van der Waals surface area contributed by atoms with E-state index >= 15 is 0 Å². The summed E-state index contributed by atoms with van der Waals surface area (Å²) in [5, 5.41) is 8.71. The molecule has 3 rings (SSSR count). The Labute approximate surface area is 88.2 Å². The van der Waals surface area contributed by atoms with Gasteiger partial charge in [-0.1, -0.05) is 6.42 Å². The standard InChI is InChI=1S/C11H15NO3/c13-10(9-7-2-1-3-8(7)9)12-4-6(5-12)11(14)15/h6-9H,1-5H2,(H,14,15). The molecule has 4 heteroatoms. The van der Waals surface area contributed by atoms with Gasteiger partial charge in [0.15, 0.2) is 0 Å². The average Bonchev–Trinajstić information content (AvgIpc) is 2.57. The first-order valence-corrected chi connectivity index (χ1v) is 5.70. The number of aliphatic carboxylic acids is 1. The van der Waals surface area contributed by atoms with Crippen LogP contribution in [0.2, 0.25) is 0 Å². The van der Waals surface area contributed by atoms with Gasteiger partial charge in [-0.2, -0.15) is 0 Å². The molecule has 82 valence electrons. The Balaban J connectivity index is 1.53. The molecule has 0 aromatic rings. The lowest BCUT2D eigenvalue weighted by molar-refractivity contribution is -0.153. The highest BCUT2D eigenvalue weighted by atomic mass is 16.4. The third-order valence-electron chi connectivity index (χ3n) is 4.23. The molecule has 1 saturated heterocycles. The van der Waals surface area contributed by atoms with E-state index in [0.717, 1.165) is 0 Å². The number of carbonyl (C=O) groups is 2. The maximum Gasteiger partial charge on any atom is 0.310 e. The number of hydrogen-bond acceptors (Lipinski definition) is 2. The van der Waals surface area contributed by atoms with E-state index in [1.54, 1.807) is 4.90 Å². The molecule has 3 aliphatic rings. The lowest BCUT2D eigenvalue weighted by Crippen LogP contribution is -2.53. The van der Waals surface area contributed by atoms with Gasteiger partial charge in [-0.25, -0.2) is 0 Å². The fourth-order valence-electron chi connectivity index (χ4n) is 3.21. The molecule has 0 spiro atoms. The van der Waals surface area contributed by atoms with Gasteiger partial charge < -0.3 is 10.0 Å². The second-order valence-electron chi connectivity index (χ2n) is 5.06. The molecule has 0 aromatic carbocycles. The zero-order valence-corrected chi connectivity index (χ0v) is 8.56. The van der Waals surface area contributed by atoms with Gasteiger partial charge in [0.05, 0.1) is 5.92 Å². The molecule has 0 bridgehead atoms. The summed E-state index contributed by atoms with van der Waals surface area (Å²) in [7, 11) is 0. The van der Waals surface area contributed by atoms with Crippen LogP contribution in [0.1, 0.15) is 19.3 Å². The van der Waals surface area contributed by atoms with Crippen molar-refractivity contribution in [3.05, 3.63) is 0 Å². The Bertz CT molecular complexity index is 312. The molecule has 0 radical (unpaired) electrons. The molecule has 2 aliphatic carbocycles. The van der Waals surface area contributed by atoms with Crippen LogP contribution in [-0.4, -0.2) is 35.0 Å². The molecule has 3 fully saturated rings. The van der Waals surface area contributed by atoms with Gasteiger partial charge in [0.2, 0.25) is 5.91 Å². The minimum Gasteiger partial charge on any atom is -0.481 e. The van der Waals surface area contributed by atoms with Crippen molar-refractivity contribution in [2.75, 3.05) is 13.1 Å². The van der Waals surface area contributed by atoms with Crippen LogP contribution in [0.5, 0.6) is 0 Å². The quantitative estimate of drug-likeness (QED) is 0.723.